The summed E-state index contributed by atoms with van der Waals surface area (Å²) in [4.78, 5) is 12.6. The van der Waals surface area contributed by atoms with E-state index in [1.54, 1.807) is 31.2 Å². The van der Waals surface area contributed by atoms with Crippen LogP contribution in [0.1, 0.15) is 36.7 Å². The van der Waals surface area contributed by atoms with E-state index in [0.29, 0.717) is 24.5 Å². The summed E-state index contributed by atoms with van der Waals surface area (Å²) in [5, 5.41) is 2.74. The van der Waals surface area contributed by atoms with Crippen LogP contribution in [-0.4, -0.2) is 45.4 Å². The second-order valence-corrected chi connectivity index (χ2v) is 9.01. The van der Waals surface area contributed by atoms with Gasteiger partial charge in [0.05, 0.1) is 19.3 Å². The molecule has 2 aromatic rings. The van der Waals surface area contributed by atoms with Crippen LogP contribution in [0, 0.1) is 0 Å². The Labute approximate surface area is 172 Å². The number of hydrogen-bond donors (Lipinski definition) is 1. The van der Waals surface area contributed by atoms with Gasteiger partial charge < -0.3 is 14.8 Å². The van der Waals surface area contributed by atoms with Crippen molar-refractivity contribution in [2.45, 2.75) is 38.4 Å². The maximum atomic E-state index is 12.6. The monoisotopic (exact) mass is 420 g/mol. The van der Waals surface area contributed by atoms with Gasteiger partial charge in [-0.15, -0.1) is 0 Å². The van der Waals surface area contributed by atoms with E-state index in [1.165, 1.54) is 20.2 Å². The van der Waals surface area contributed by atoms with Gasteiger partial charge in [-0.1, -0.05) is 12.1 Å². The molecule has 0 aliphatic rings. The van der Waals surface area contributed by atoms with E-state index in [4.69, 9.17) is 9.47 Å². The molecule has 0 saturated heterocycles. The van der Waals surface area contributed by atoms with Gasteiger partial charge in [-0.25, -0.2) is 12.7 Å². The van der Waals surface area contributed by atoms with Gasteiger partial charge in [0.1, 0.15) is 10.6 Å². The third-order valence-electron chi connectivity index (χ3n) is 4.06. The normalized spacial score (nSPS) is 11.7. The van der Waals surface area contributed by atoms with Gasteiger partial charge >= 0.3 is 0 Å². The zero-order chi connectivity index (χ0) is 21.6. The van der Waals surface area contributed by atoms with Crippen LogP contribution in [-0.2, 0) is 21.4 Å². The number of hydrogen-bond acceptors (Lipinski definition) is 5. The van der Waals surface area contributed by atoms with E-state index in [-0.39, 0.29) is 22.7 Å². The topological polar surface area (TPSA) is 84.9 Å². The van der Waals surface area contributed by atoms with Gasteiger partial charge in [-0.05, 0) is 56.7 Å². The van der Waals surface area contributed by atoms with Crippen LogP contribution in [0.15, 0.2) is 47.4 Å². The van der Waals surface area contributed by atoms with Crippen molar-refractivity contribution in [1.29, 1.82) is 0 Å². The highest BCUT2D eigenvalue weighted by Crippen LogP contribution is 2.29. The number of carbonyl (C=O) groups is 1. The summed E-state index contributed by atoms with van der Waals surface area (Å²) in [6, 6.07) is 11.6. The van der Waals surface area contributed by atoms with E-state index in [1.807, 2.05) is 26.0 Å². The molecule has 0 fully saturated rings. The highest BCUT2D eigenvalue weighted by Gasteiger charge is 2.23. The van der Waals surface area contributed by atoms with Gasteiger partial charge in [0.25, 0.3) is 5.91 Å². The molecule has 0 aliphatic heterocycles. The summed E-state index contributed by atoms with van der Waals surface area (Å²) < 4.78 is 37.3. The molecule has 1 N–H and O–H groups in total. The van der Waals surface area contributed by atoms with Crippen LogP contribution < -0.4 is 10.1 Å². The van der Waals surface area contributed by atoms with Crippen molar-refractivity contribution in [2.24, 2.45) is 0 Å². The summed E-state index contributed by atoms with van der Waals surface area (Å²) in [6.07, 6.45) is 0.130. The molecule has 0 atom stereocenters. The first-order chi connectivity index (χ1) is 13.6. The quantitative estimate of drug-likeness (QED) is 0.671. The van der Waals surface area contributed by atoms with E-state index in [0.717, 1.165) is 9.87 Å². The van der Waals surface area contributed by atoms with Gasteiger partial charge in [0.15, 0.2) is 0 Å². The van der Waals surface area contributed by atoms with Crippen molar-refractivity contribution in [2.75, 3.05) is 26.0 Å². The average Bonchev–Trinajstić information content (AvgIpc) is 2.67. The Hall–Kier alpha value is -2.42. The van der Waals surface area contributed by atoms with Crippen LogP contribution in [0.2, 0.25) is 0 Å². The number of rotatable bonds is 9. The van der Waals surface area contributed by atoms with Crippen LogP contribution in [0.4, 0.5) is 5.69 Å². The molecule has 2 rings (SSSR count). The lowest BCUT2D eigenvalue weighted by Crippen LogP contribution is -2.23. The minimum absolute atomic E-state index is 0.00309. The van der Waals surface area contributed by atoms with E-state index >= 15 is 0 Å². The Bertz CT molecular complexity index is 938. The molecular formula is C21H28N2O5S. The van der Waals surface area contributed by atoms with Gasteiger partial charge in [-0.2, -0.15) is 0 Å². The van der Waals surface area contributed by atoms with Crippen LogP contribution in [0.3, 0.4) is 0 Å². The molecule has 0 bridgehead atoms. The Balaban J connectivity index is 2.22. The van der Waals surface area contributed by atoms with Crippen LogP contribution >= 0.6 is 0 Å². The lowest BCUT2D eigenvalue weighted by Gasteiger charge is -2.16. The number of benzene rings is 2. The summed E-state index contributed by atoms with van der Waals surface area (Å²) in [7, 11) is -0.838. The minimum atomic E-state index is -3.73. The van der Waals surface area contributed by atoms with Crippen LogP contribution in [0.5, 0.6) is 5.75 Å². The second-order valence-electron chi connectivity index (χ2n) is 6.89. The fourth-order valence-electron chi connectivity index (χ4n) is 2.48. The average molecular weight is 421 g/mol. The Morgan fingerprint density at radius 1 is 1.10 bits per heavy atom. The molecule has 2 aromatic carbocycles. The molecule has 0 aliphatic carbocycles. The zero-order valence-corrected chi connectivity index (χ0v) is 18.2. The van der Waals surface area contributed by atoms with Crippen molar-refractivity contribution in [3.8, 4) is 5.75 Å². The lowest BCUT2D eigenvalue weighted by atomic mass is 10.1. The largest absolute Gasteiger partial charge is 0.492 e. The number of nitrogens with one attached hydrogen (secondary N) is 1. The molecule has 0 saturated carbocycles. The highest BCUT2D eigenvalue weighted by atomic mass is 32.2. The first kappa shape index (κ1) is 22.9. The molecule has 0 radical (unpaired) electrons. The lowest BCUT2D eigenvalue weighted by molar-refractivity contribution is 0.0657. The maximum absolute atomic E-state index is 12.6. The fourth-order valence-corrected chi connectivity index (χ4v) is 3.53. The number of amides is 1. The van der Waals surface area contributed by atoms with Crippen molar-refractivity contribution < 1.29 is 22.7 Å². The molecule has 0 unspecified atom stereocenters. The standard InChI is InChI=1S/C21H28N2O5S/c1-6-27-19-12-11-18(13-20(19)29(25,26)23(4)5)22-21(24)17-9-7-16(8-10-17)14-28-15(2)3/h7-13,15H,6,14H2,1-5H3,(H,22,24). The summed E-state index contributed by atoms with van der Waals surface area (Å²) in [5.41, 5.74) is 1.80. The van der Waals surface area contributed by atoms with Crippen molar-refractivity contribution in [3.63, 3.8) is 0 Å². The molecule has 0 spiro atoms. The van der Waals surface area contributed by atoms with Crippen molar-refractivity contribution in [3.05, 3.63) is 53.6 Å². The summed E-state index contributed by atoms with van der Waals surface area (Å²) >= 11 is 0. The minimum Gasteiger partial charge on any atom is -0.492 e. The predicted molar refractivity (Wildman–Crippen MR) is 113 cm³/mol. The third-order valence-corrected chi connectivity index (χ3v) is 5.90. The van der Waals surface area contributed by atoms with Crippen molar-refractivity contribution in [1.82, 2.24) is 4.31 Å². The van der Waals surface area contributed by atoms with Gasteiger partial charge in [0, 0.05) is 25.3 Å². The molecule has 0 aromatic heterocycles. The number of nitrogens with zero attached hydrogens (tertiary/aromatic N) is 1. The van der Waals surface area contributed by atoms with E-state index in [9.17, 15) is 13.2 Å². The Kier molecular flexibility index (Phi) is 7.78. The van der Waals surface area contributed by atoms with Gasteiger partial charge in [-0.3, -0.25) is 4.79 Å². The SMILES string of the molecule is CCOc1ccc(NC(=O)c2ccc(COC(C)C)cc2)cc1S(=O)(=O)N(C)C. The van der Waals surface area contributed by atoms with Crippen molar-refractivity contribution >= 4 is 21.6 Å². The Morgan fingerprint density at radius 3 is 2.31 bits per heavy atom. The first-order valence-electron chi connectivity index (χ1n) is 9.36. The Morgan fingerprint density at radius 2 is 1.76 bits per heavy atom. The molecule has 1 amide bonds. The fraction of sp³-hybridized carbons (Fsp3) is 0.381. The van der Waals surface area contributed by atoms with E-state index in [2.05, 4.69) is 5.32 Å². The number of ether oxygens (including phenoxy) is 2. The molecule has 0 heterocycles. The first-order valence-corrected chi connectivity index (χ1v) is 10.8. The van der Waals surface area contributed by atoms with Gasteiger partial charge in [0.2, 0.25) is 10.0 Å². The molecule has 8 heteroatoms. The zero-order valence-electron chi connectivity index (χ0n) is 17.4. The molecule has 29 heavy (non-hydrogen) atoms. The number of anilines is 1. The number of carbonyl (C=O) groups excluding carboxylic acids is 1. The second kappa shape index (κ2) is 9.87. The van der Waals surface area contributed by atoms with Crippen LogP contribution in [0.25, 0.3) is 0 Å². The van der Waals surface area contributed by atoms with E-state index < -0.39 is 10.0 Å². The number of sulfonamides is 1. The summed E-state index contributed by atoms with van der Waals surface area (Å²) in [5.74, 6) is -0.0904. The predicted octanol–water partition coefficient (Wildman–Crippen LogP) is 3.51. The smallest absolute Gasteiger partial charge is 0.255 e. The molecule has 7 nitrogen and oxygen atoms in total. The molecule has 158 valence electrons. The molecular weight excluding hydrogens is 392 g/mol. The third kappa shape index (κ3) is 6.03. The highest BCUT2D eigenvalue weighted by molar-refractivity contribution is 7.89. The summed E-state index contributed by atoms with van der Waals surface area (Å²) in [6.45, 7) is 6.50. The maximum Gasteiger partial charge on any atom is 0.255 e.